The van der Waals surface area contributed by atoms with Gasteiger partial charge in [-0.15, -0.1) is 0 Å². The average Bonchev–Trinajstić information content (AvgIpc) is 2.36. The molecule has 0 aliphatic heterocycles. The number of methoxy groups -OCH3 is 2. The van der Waals surface area contributed by atoms with E-state index in [9.17, 15) is 0 Å². The summed E-state index contributed by atoms with van der Waals surface area (Å²) in [5, 5.41) is 3.34. The van der Waals surface area contributed by atoms with Crippen molar-refractivity contribution in [2.75, 3.05) is 21.3 Å². The Morgan fingerprint density at radius 2 is 2.06 bits per heavy atom. The lowest BCUT2D eigenvalue weighted by Gasteiger charge is -2.26. The summed E-state index contributed by atoms with van der Waals surface area (Å²) in [4.78, 5) is 0. The van der Waals surface area contributed by atoms with Gasteiger partial charge in [0.15, 0.2) is 0 Å². The quantitative estimate of drug-likeness (QED) is 0.844. The highest BCUT2D eigenvalue weighted by Crippen LogP contribution is 2.33. The van der Waals surface area contributed by atoms with Gasteiger partial charge in [-0.25, -0.2) is 0 Å². The lowest BCUT2D eigenvalue weighted by molar-refractivity contribution is 0.383. The summed E-state index contributed by atoms with van der Waals surface area (Å²) < 4.78 is 10.7. The van der Waals surface area contributed by atoms with E-state index < -0.39 is 0 Å². The molecule has 0 heterocycles. The number of fused-ring (bicyclic) bond motifs is 1. The highest BCUT2D eigenvalue weighted by Gasteiger charge is 2.21. The lowest BCUT2D eigenvalue weighted by atomic mass is 9.87. The fourth-order valence-corrected chi connectivity index (χ4v) is 2.37. The van der Waals surface area contributed by atoms with Crippen molar-refractivity contribution in [3.05, 3.63) is 23.3 Å². The first kappa shape index (κ1) is 11.3. The lowest BCUT2D eigenvalue weighted by Crippen LogP contribution is -2.31. The van der Waals surface area contributed by atoms with Crippen LogP contribution >= 0.6 is 0 Å². The third kappa shape index (κ3) is 2.00. The Balaban J connectivity index is 2.38. The minimum Gasteiger partial charge on any atom is -0.497 e. The van der Waals surface area contributed by atoms with Crippen LogP contribution in [0.15, 0.2) is 12.1 Å². The van der Waals surface area contributed by atoms with E-state index in [-0.39, 0.29) is 0 Å². The van der Waals surface area contributed by atoms with Gasteiger partial charge in [-0.3, -0.25) is 0 Å². The van der Waals surface area contributed by atoms with E-state index >= 15 is 0 Å². The van der Waals surface area contributed by atoms with Crippen LogP contribution in [0.4, 0.5) is 0 Å². The van der Waals surface area contributed by atoms with Crippen molar-refractivity contribution in [1.82, 2.24) is 5.32 Å². The van der Waals surface area contributed by atoms with Crippen molar-refractivity contribution in [3.63, 3.8) is 0 Å². The molecule has 3 nitrogen and oxygen atoms in total. The largest absolute Gasteiger partial charge is 0.497 e. The molecule has 1 N–H and O–H groups in total. The summed E-state index contributed by atoms with van der Waals surface area (Å²) in [7, 11) is 5.44. The second-order valence-corrected chi connectivity index (χ2v) is 4.20. The van der Waals surface area contributed by atoms with E-state index in [0.29, 0.717) is 6.04 Å². The fraction of sp³-hybridized carbons (Fsp3) is 0.538. The molecule has 88 valence electrons. The van der Waals surface area contributed by atoms with Gasteiger partial charge in [-0.05, 0) is 43.5 Å². The van der Waals surface area contributed by atoms with Gasteiger partial charge in [-0.1, -0.05) is 0 Å². The first-order chi connectivity index (χ1) is 7.78. The van der Waals surface area contributed by atoms with Crippen LogP contribution in [-0.2, 0) is 12.8 Å². The molecule has 0 radical (unpaired) electrons. The Morgan fingerprint density at radius 1 is 1.25 bits per heavy atom. The van der Waals surface area contributed by atoms with Crippen LogP contribution in [0.2, 0.25) is 0 Å². The number of hydrogen-bond acceptors (Lipinski definition) is 3. The molecule has 2 rings (SSSR count). The molecule has 0 aromatic heterocycles. The Labute approximate surface area is 96.8 Å². The van der Waals surface area contributed by atoms with Crippen molar-refractivity contribution < 1.29 is 9.47 Å². The monoisotopic (exact) mass is 221 g/mol. The maximum Gasteiger partial charge on any atom is 0.126 e. The molecule has 1 aromatic carbocycles. The van der Waals surface area contributed by atoms with Crippen molar-refractivity contribution in [2.45, 2.75) is 25.3 Å². The third-order valence-corrected chi connectivity index (χ3v) is 3.35. The number of nitrogens with one attached hydrogen (secondary N) is 1. The molecule has 0 unspecified atom stereocenters. The fourth-order valence-electron chi connectivity index (χ4n) is 2.37. The Bertz CT molecular complexity index is 376. The van der Waals surface area contributed by atoms with Gasteiger partial charge in [-0.2, -0.15) is 0 Å². The van der Waals surface area contributed by atoms with Crippen molar-refractivity contribution >= 4 is 0 Å². The van der Waals surface area contributed by atoms with Gasteiger partial charge in [0.05, 0.1) is 14.2 Å². The molecule has 1 aliphatic rings. The van der Waals surface area contributed by atoms with Gasteiger partial charge in [0.2, 0.25) is 0 Å². The zero-order valence-corrected chi connectivity index (χ0v) is 10.2. The standard InChI is InChI=1S/C13H19NO2/c1-14-10-4-5-12-9(6-10)7-11(15-2)8-13(12)16-3/h7-8,10,14H,4-6H2,1-3H3/t10-/m0/s1. The van der Waals surface area contributed by atoms with Gasteiger partial charge >= 0.3 is 0 Å². The predicted octanol–water partition coefficient (Wildman–Crippen LogP) is 1.78. The highest BCUT2D eigenvalue weighted by atomic mass is 16.5. The van der Waals surface area contributed by atoms with Crippen molar-refractivity contribution in [1.29, 1.82) is 0 Å². The molecular weight excluding hydrogens is 202 g/mol. The van der Waals surface area contributed by atoms with E-state index in [2.05, 4.69) is 11.4 Å². The normalized spacial score (nSPS) is 19.1. The molecule has 1 aromatic rings. The minimum absolute atomic E-state index is 0.573. The van der Waals surface area contributed by atoms with Crippen molar-refractivity contribution in [2.24, 2.45) is 0 Å². The zero-order chi connectivity index (χ0) is 11.5. The smallest absolute Gasteiger partial charge is 0.126 e. The Morgan fingerprint density at radius 3 is 2.69 bits per heavy atom. The maximum atomic E-state index is 5.42. The zero-order valence-electron chi connectivity index (χ0n) is 10.2. The molecule has 16 heavy (non-hydrogen) atoms. The summed E-state index contributed by atoms with van der Waals surface area (Å²) in [5.41, 5.74) is 2.69. The van der Waals surface area contributed by atoms with Crippen LogP contribution in [0.3, 0.4) is 0 Å². The topological polar surface area (TPSA) is 30.5 Å². The molecule has 0 saturated heterocycles. The van der Waals surface area contributed by atoms with E-state index in [4.69, 9.17) is 9.47 Å². The second kappa shape index (κ2) is 4.74. The number of benzene rings is 1. The molecule has 0 amide bonds. The maximum absolute atomic E-state index is 5.42. The van der Waals surface area contributed by atoms with E-state index in [1.165, 1.54) is 17.5 Å². The highest BCUT2D eigenvalue weighted by molar-refractivity contribution is 5.48. The van der Waals surface area contributed by atoms with E-state index in [1.54, 1.807) is 14.2 Å². The second-order valence-electron chi connectivity index (χ2n) is 4.20. The van der Waals surface area contributed by atoms with E-state index in [1.807, 2.05) is 13.1 Å². The minimum atomic E-state index is 0.573. The van der Waals surface area contributed by atoms with Crippen LogP contribution < -0.4 is 14.8 Å². The molecule has 3 heteroatoms. The van der Waals surface area contributed by atoms with Gasteiger partial charge in [0, 0.05) is 12.1 Å². The van der Waals surface area contributed by atoms with Crippen LogP contribution in [-0.4, -0.2) is 27.3 Å². The molecule has 1 atom stereocenters. The average molecular weight is 221 g/mol. The Hall–Kier alpha value is -1.22. The van der Waals surface area contributed by atoms with Gasteiger partial charge in [0.25, 0.3) is 0 Å². The number of ether oxygens (including phenoxy) is 2. The van der Waals surface area contributed by atoms with Gasteiger partial charge < -0.3 is 14.8 Å². The summed E-state index contributed by atoms with van der Waals surface area (Å²) in [5.74, 6) is 1.84. The summed E-state index contributed by atoms with van der Waals surface area (Å²) in [6.07, 6.45) is 3.31. The van der Waals surface area contributed by atoms with Crippen LogP contribution in [0.25, 0.3) is 0 Å². The van der Waals surface area contributed by atoms with Gasteiger partial charge in [0.1, 0.15) is 11.5 Å². The van der Waals surface area contributed by atoms with Crippen molar-refractivity contribution in [3.8, 4) is 11.5 Å². The van der Waals surface area contributed by atoms with Crippen LogP contribution in [0, 0.1) is 0 Å². The third-order valence-electron chi connectivity index (χ3n) is 3.35. The number of likely N-dealkylation sites (N-methyl/N-ethyl adjacent to an activating group) is 1. The number of rotatable bonds is 3. The van der Waals surface area contributed by atoms with E-state index in [0.717, 1.165) is 24.3 Å². The molecular formula is C13H19NO2. The summed E-state index contributed by atoms with van der Waals surface area (Å²) >= 11 is 0. The first-order valence-corrected chi connectivity index (χ1v) is 5.69. The molecule has 0 saturated carbocycles. The summed E-state index contributed by atoms with van der Waals surface area (Å²) in [6, 6.07) is 4.67. The van der Waals surface area contributed by atoms with Crippen LogP contribution in [0.1, 0.15) is 17.5 Å². The molecule has 1 aliphatic carbocycles. The predicted molar refractivity (Wildman–Crippen MR) is 64.4 cm³/mol. The Kier molecular flexibility index (Phi) is 3.34. The SMILES string of the molecule is CN[C@H]1CCc2c(cc(OC)cc2OC)C1. The molecule has 0 bridgehead atoms. The first-order valence-electron chi connectivity index (χ1n) is 5.69. The molecule has 0 fully saturated rings. The molecule has 0 spiro atoms. The number of hydrogen-bond donors (Lipinski definition) is 1. The van der Waals surface area contributed by atoms with Crippen LogP contribution in [0.5, 0.6) is 11.5 Å². The summed E-state index contributed by atoms with van der Waals surface area (Å²) in [6.45, 7) is 0.